The molecule has 0 aliphatic carbocycles. The van der Waals surface area contributed by atoms with Crippen molar-refractivity contribution in [2.75, 3.05) is 20.3 Å². The second-order valence-electron chi connectivity index (χ2n) is 6.88. The van der Waals surface area contributed by atoms with E-state index in [1.54, 1.807) is 0 Å². The first-order valence-corrected chi connectivity index (χ1v) is 10.8. The summed E-state index contributed by atoms with van der Waals surface area (Å²) in [5.74, 6) is -0.886. The Morgan fingerprint density at radius 3 is 2.48 bits per heavy atom. The summed E-state index contributed by atoms with van der Waals surface area (Å²) in [4.78, 5) is 0. The van der Waals surface area contributed by atoms with Crippen LogP contribution in [0.3, 0.4) is 0 Å². The Morgan fingerprint density at radius 2 is 1.90 bits per heavy atom. The summed E-state index contributed by atoms with van der Waals surface area (Å²) in [6.45, 7) is 0.946. The minimum absolute atomic E-state index is 0.117. The molecule has 3 heterocycles. The van der Waals surface area contributed by atoms with Crippen LogP contribution in [-0.2, 0) is 42.4 Å². The lowest BCUT2D eigenvalue weighted by Crippen LogP contribution is -2.61. The van der Waals surface area contributed by atoms with Crippen LogP contribution in [0.4, 0.5) is 0 Å². The predicted octanol–water partition coefficient (Wildman–Crippen LogP) is -1.45. The van der Waals surface area contributed by atoms with Crippen molar-refractivity contribution in [1.82, 2.24) is 0 Å². The lowest BCUT2D eigenvalue weighted by Gasteiger charge is -2.45. The topological polar surface area (TPSA) is 180 Å². The lowest BCUT2D eigenvalue weighted by molar-refractivity contribution is -0.327. The van der Waals surface area contributed by atoms with E-state index in [0.717, 1.165) is 0 Å². The summed E-state index contributed by atoms with van der Waals surface area (Å²) in [6, 6.07) is 0. The van der Waals surface area contributed by atoms with Crippen molar-refractivity contribution in [3.63, 3.8) is 0 Å². The summed E-state index contributed by atoms with van der Waals surface area (Å²) < 4.78 is 77.7. The molecule has 0 radical (unpaired) electrons. The van der Waals surface area contributed by atoms with Crippen molar-refractivity contribution in [2.45, 2.75) is 62.2 Å². The molecule has 3 saturated heterocycles. The standard InChI is InChI=1S/C14H24O13S2/c1-5-8(16)13(23-6(3-15)9(5)27-29(18,19)20)25-10-7-4-22-11(10)12(26-28-17)14(21-2)24-7/h5-17H,3-4H2,1-2H3,(H,18,19,20)/t5?,6?,7?,8-,9+,10-,11+,12?,13-,14-/m0/s1. The first-order chi connectivity index (χ1) is 13.7. The molecule has 0 aromatic heterocycles. The third-order valence-electron chi connectivity index (χ3n) is 5.15. The molecule has 3 aliphatic heterocycles. The molecule has 3 rings (SSSR count). The molecule has 0 amide bonds. The van der Waals surface area contributed by atoms with Crippen LogP contribution in [-0.4, -0.2) is 103 Å². The van der Waals surface area contributed by atoms with Crippen LogP contribution in [0.15, 0.2) is 0 Å². The molecule has 29 heavy (non-hydrogen) atoms. The summed E-state index contributed by atoms with van der Waals surface area (Å²) >= 11 is 0.117. The Hall–Kier alpha value is -0.140. The molecule has 0 aromatic rings. The highest BCUT2D eigenvalue weighted by atomic mass is 32.3. The summed E-state index contributed by atoms with van der Waals surface area (Å²) in [5.41, 5.74) is 0. The maximum Gasteiger partial charge on any atom is 0.397 e. The van der Waals surface area contributed by atoms with Crippen LogP contribution in [0, 0.1) is 5.92 Å². The molecule has 3 fully saturated rings. The van der Waals surface area contributed by atoms with Gasteiger partial charge in [-0.3, -0.25) is 8.74 Å². The van der Waals surface area contributed by atoms with Crippen molar-refractivity contribution in [3.8, 4) is 0 Å². The van der Waals surface area contributed by atoms with Crippen LogP contribution in [0.2, 0.25) is 0 Å². The normalized spacial score (nSPS) is 45.4. The van der Waals surface area contributed by atoms with Gasteiger partial charge >= 0.3 is 10.4 Å². The average Bonchev–Trinajstić information content (AvgIpc) is 2.95. The Morgan fingerprint density at radius 1 is 1.17 bits per heavy atom. The van der Waals surface area contributed by atoms with Gasteiger partial charge in [-0.05, 0) is 0 Å². The zero-order valence-electron chi connectivity index (χ0n) is 15.5. The van der Waals surface area contributed by atoms with E-state index in [2.05, 4.69) is 4.18 Å². The molecule has 10 atom stereocenters. The van der Waals surface area contributed by atoms with Gasteiger partial charge in [0, 0.05) is 13.0 Å². The third-order valence-corrected chi connectivity index (χ3v) is 5.92. The van der Waals surface area contributed by atoms with E-state index >= 15 is 0 Å². The zero-order chi connectivity index (χ0) is 21.3. The second kappa shape index (κ2) is 9.56. The largest absolute Gasteiger partial charge is 0.397 e. The van der Waals surface area contributed by atoms with Crippen LogP contribution >= 0.6 is 12.3 Å². The fourth-order valence-corrected chi connectivity index (χ4v) is 4.61. The van der Waals surface area contributed by atoms with E-state index in [1.807, 2.05) is 0 Å². The minimum Gasteiger partial charge on any atom is -0.394 e. The van der Waals surface area contributed by atoms with E-state index in [0.29, 0.717) is 0 Å². The molecule has 0 saturated carbocycles. The van der Waals surface area contributed by atoms with Gasteiger partial charge in [0.1, 0.15) is 36.6 Å². The van der Waals surface area contributed by atoms with Crippen molar-refractivity contribution in [3.05, 3.63) is 0 Å². The number of ether oxygens (including phenoxy) is 5. The molecular weight excluding hydrogens is 440 g/mol. The number of methoxy groups -OCH3 is 1. The number of aliphatic hydroxyl groups excluding tert-OH is 2. The molecule has 15 heteroatoms. The van der Waals surface area contributed by atoms with Gasteiger partial charge in [0.25, 0.3) is 0 Å². The summed E-state index contributed by atoms with van der Waals surface area (Å²) in [6.07, 6.45) is -8.93. The van der Waals surface area contributed by atoms with Crippen LogP contribution in [0.5, 0.6) is 0 Å². The van der Waals surface area contributed by atoms with Gasteiger partial charge in [-0.1, -0.05) is 6.92 Å². The highest BCUT2D eigenvalue weighted by Crippen LogP contribution is 2.38. The van der Waals surface area contributed by atoms with Gasteiger partial charge in [-0.2, -0.15) is 8.42 Å². The Bertz CT molecular complexity index is 645. The number of hydrogen-bond acceptors (Lipinski definition) is 13. The fraction of sp³-hybridized carbons (Fsp3) is 1.00. The smallest absolute Gasteiger partial charge is 0.394 e. The predicted molar refractivity (Wildman–Crippen MR) is 92.7 cm³/mol. The molecule has 4 N–H and O–H groups in total. The maximum atomic E-state index is 11.1. The fourth-order valence-electron chi connectivity index (χ4n) is 3.73. The first-order valence-electron chi connectivity index (χ1n) is 8.72. The highest BCUT2D eigenvalue weighted by molar-refractivity contribution is 7.88. The zero-order valence-corrected chi connectivity index (χ0v) is 17.1. The van der Waals surface area contributed by atoms with Crippen molar-refractivity contribution in [2.24, 2.45) is 5.92 Å². The molecular formula is C14H24O13S2. The maximum absolute atomic E-state index is 11.1. The van der Waals surface area contributed by atoms with Crippen molar-refractivity contribution >= 4 is 22.7 Å². The molecule has 4 unspecified atom stereocenters. The highest BCUT2D eigenvalue weighted by Gasteiger charge is 2.56. The van der Waals surface area contributed by atoms with Crippen LogP contribution in [0.1, 0.15) is 6.92 Å². The molecule has 13 nitrogen and oxygen atoms in total. The Labute approximate surface area is 171 Å². The van der Waals surface area contributed by atoms with Gasteiger partial charge in [-0.15, -0.1) is 0 Å². The van der Waals surface area contributed by atoms with Crippen molar-refractivity contribution in [1.29, 1.82) is 0 Å². The number of hydrogen-bond donors (Lipinski definition) is 4. The lowest BCUT2D eigenvalue weighted by atomic mass is 9.90. The number of rotatable bonds is 8. The van der Waals surface area contributed by atoms with Gasteiger partial charge < -0.3 is 38.5 Å². The number of fused-ring (bicyclic) bond motifs is 2. The molecule has 2 bridgehead atoms. The Balaban J connectivity index is 1.73. The quantitative estimate of drug-likeness (QED) is 0.242. The van der Waals surface area contributed by atoms with Crippen LogP contribution in [0.25, 0.3) is 0 Å². The Kier molecular flexibility index (Phi) is 7.75. The third kappa shape index (κ3) is 5.03. The van der Waals surface area contributed by atoms with E-state index in [1.165, 1.54) is 14.0 Å². The van der Waals surface area contributed by atoms with E-state index in [-0.39, 0.29) is 18.9 Å². The van der Waals surface area contributed by atoms with Gasteiger partial charge in [0.2, 0.25) is 0 Å². The average molecular weight is 464 g/mol. The van der Waals surface area contributed by atoms with Gasteiger partial charge in [0.15, 0.2) is 31.0 Å². The van der Waals surface area contributed by atoms with E-state index in [4.69, 9.17) is 37.0 Å². The number of aliphatic hydroxyl groups is 2. The van der Waals surface area contributed by atoms with Gasteiger partial charge in [-0.25, -0.2) is 4.18 Å². The molecule has 0 aromatic carbocycles. The van der Waals surface area contributed by atoms with E-state index < -0.39 is 78.2 Å². The van der Waals surface area contributed by atoms with Crippen LogP contribution < -0.4 is 0 Å². The van der Waals surface area contributed by atoms with E-state index in [9.17, 15) is 18.6 Å². The first kappa shape index (κ1) is 23.5. The summed E-state index contributed by atoms with van der Waals surface area (Å²) in [5, 5.41) is 20.1. The summed E-state index contributed by atoms with van der Waals surface area (Å²) in [7, 11) is -3.43. The van der Waals surface area contributed by atoms with Gasteiger partial charge in [0.05, 0.1) is 13.2 Å². The minimum atomic E-state index is -4.84. The second-order valence-corrected chi connectivity index (χ2v) is 8.27. The molecule has 3 aliphatic rings. The molecule has 170 valence electrons. The van der Waals surface area contributed by atoms with Crippen molar-refractivity contribution < 1.29 is 59.8 Å². The SMILES string of the molecule is CO[C@H]1OC2CO[C@@H](C1OSO)[C@H]2O[C@@H]1OC(CO)[C@H](OS(=O)(=O)O)C(C)[C@@H]1O. The molecule has 0 spiro atoms. The monoisotopic (exact) mass is 464 g/mol.